The first-order valence-electron chi connectivity index (χ1n) is 6.16. The molecule has 1 atom stereocenters. The molecule has 5 nitrogen and oxygen atoms in total. The first-order valence-corrected chi connectivity index (χ1v) is 7.71. The van der Waals surface area contributed by atoms with Crippen LogP contribution in [0.5, 0.6) is 0 Å². The van der Waals surface area contributed by atoms with E-state index in [-0.39, 0.29) is 11.3 Å². The Kier molecular flexibility index (Phi) is 5.98. The normalized spacial score (nSPS) is 13.1. The molecule has 6 heteroatoms. The Bertz CT molecular complexity index is 499. The molecule has 1 aromatic rings. The van der Waals surface area contributed by atoms with Gasteiger partial charge in [-0.25, -0.2) is 8.42 Å². The van der Waals surface area contributed by atoms with E-state index in [1.54, 1.807) is 25.2 Å². The van der Waals surface area contributed by atoms with Crippen molar-refractivity contribution >= 4 is 15.8 Å². The minimum atomic E-state index is -3.81. The lowest BCUT2D eigenvalue weighted by Gasteiger charge is -2.13. The minimum absolute atomic E-state index is 0.0658. The number of carboxylic acid groups (broad SMARTS) is 1. The Hall–Kier alpha value is -1.40. The highest BCUT2D eigenvalue weighted by molar-refractivity contribution is 7.92. The molecule has 0 fully saturated rings. The number of rotatable bonds is 8. The van der Waals surface area contributed by atoms with Crippen LogP contribution in [-0.4, -0.2) is 38.3 Å². The Morgan fingerprint density at radius 3 is 2.42 bits per heavy atom. The summed E-state index contributed by atoms with van der Waals surface area (Å²) in [5.41, 5.74) is 0. The number of carbonyl (C=O) groups is 1. The molecule has 0 aromatic heterocycles. The summed E-state index contributed by atoms with van der Waals surface area (Å²) >= 11 is 0. The fourth-order valence-corrected chi connectivity index (χ4v) is 3.42. The van der Waals surface area contributed by atoms with E-state index in [0.717, 1.165) is 13.0 Å². The zero-order chi connectivity index (χ0) is 14.3. The summed E-state index contributed by atoms with van der Waals surface area (Å²) in [5, 5.41) is 10.7. The molecule has 0 spiro atoms. The number of hydrogen-bond donors (Lipinski definition) is 2. The number of unbranched alkanes of at least 4 members (excludes halogenated alkanes) is 1. The topological polar surface area (TPSA) is 83.5 Å². The lowest BCUT2D eigenvalue weighted by atomic mass is 10.2. The van der Waals surface area contributed by atoms with Crippen LogP contribution >= 0.6 is 0 Å². The minimum Gasteiger partial charge on any atom is -0.480 e. The summed E-state index contributed by atoms with van der Waals surface area (Å²) in [7, 11) is -2.01. The quantitative estimate of drug-likeness (QED) is 0.703. The van der Waals surface area contributed by atoms with Gasteiger partial charge >= 0.3 is 5.97 Å². The van der Waals surface area contributed by atoms with Gasteiger partial charge in [0.15, 0.2) is 15.1 Å². The third-order valence-electron chi connectivity index (χ3n) is 2.86. The number of benzene rings is 1. The van der Waals surface area contributed by atoms with Crippen molar-refractivity contribution in [3.63, 3.8) is 0 Å². The van der Waals surface area contributed by atoms with Crippen LogP contribution < -0.4 is 5.32 Å². The zero-order valence-corrected chi connectivity index (χ0v) is 11.7. The molecule has 1 rings (SSSR count). The van der Waals surface area contributed by atoms with Crippen LogP contribution in [0, 0.1) is 0 Å². The van der Waals surface area contributed by atoms with Crippen molar-refractivity contribution in [1.29, 1.82) is 0 Å². The molecule has 19 heavy (non-hydrogen) atoms. The van der Waals surface area contributed by atoms with Crippen molar-refractivity contribution in [3.8, 4) is 0 Å². The maximum Gasteiger partial charge on any atom is 0.322 e. The van der Waals surface area contributed by atoms with E-state index < -0.39 is 21.1 Å². The molecular formula is C13H19NO4S. The Labute approximate surface area is 113 Å². The number of carboxylic acids is 1. The lowest BCUT2D eigenvalue weighted by Crippen LogP contribution is -2.30. The van der Waals surface area contributed by atoms with Crippen LogP contribution in [0.1, 0.15) is 19.3 Å². The van der Waals surface area contributed by atoms with Crippen molar-refractivity contribution in [2.24, 2.45) is 0 Å². The first kappa shape index (κ1) is 15.7. The number of aliphatic carboxylic acids is 1. The zero-order valence-electron chi connectivity index (χ0n) is 10.9. The van der Waals surface area contributed by atoms with Crippen LogP contribution in [-0.2, 0) is 14.6 Å². The van der Waals surface area contributed by atoms with E-state index in [4.69, 9.17) is 5.11 Å². The summed E-state index contributed by atoms with van der Waals surface area (Å²) in [5.74, 6) is -1.28. The van der Waals surface area contributed by atoms with Gasteiger partial charge in [0.1, 0.15) is 0 Å². The van der Waals surface area contributed by atoms with Crippen LogP contribution in [0.15, 0.2) is 35.2 Å². The van der Waals surface area contributed by atoms with E-state index in [1.807, 2.05) is 0 Å². The highest BCUT2D eigenvalue weighted by Gasteiger charge is 2.33. The summed E-state index contributed by atoms with van der Waals surface area (Å²) in [6, 6.07) is 7.74. The van der Waals surface area contributed by atoms with E-state index in [0.29, 0.717) is 6.42 Å². The van der Waals surface area contributed by atoms with Gasteiger partial charge in [0.05, 0.1) is 4.90 Å². The molecule has 0 aliphatic rings. The SMILES string of the molecule is CNCCCCC(C(=O)O)S(=O)(=O)c1ccccc1. The Morgan fingerprint density at radius 1 is 1.26 bits per heavy atom. The predicted molar refractivity (Wildman–Crippen MR) is 72.8 cm³/mol. The standard InChI is InChI=1S/C13H19NO4S/c1-14-10-6-5-9-12(13(15)16)19(17,18)11-7-3-2-4-8-11/h2-4,7-8,12,14H,5-6,9-10H2,1H3,(H,15,16). The van der Waals surface area contributed by atoms with E-state index in [9.17, 15) is 13.2 Å². The monoisotopic (exact) mass is 285 g/mol. The van der Waals surface area contributed by atoms with Crippen LogP contribution in [0.3, 0.4) is 0 Å². The van der Waals surface area contributed by atoms with Crippen molar-refractivity contribution in [3.05, 3.63) is 30.3 Å². The molecule has 1 unspecified atom stereocenters. The largest absolute Gasteiger partial charge is 0.480 e. The maximum atomic E-state index is 12.2. The van der Waals surface area contributed by atoms with Crippen LogP contribution in [0.25, 0.3) is 0 Å². The third kappa shape index (κ3) is 4.33. The predicted octanol–water partition coefficient (Wildman–Crippen LogP) is 1.30. The Morgan fingerprint density at radius 2 is 1.89 bits per heavy atom. The van der Waals surface area contributed by atoms with E-state index in [2.05, 4.69) is 5.32 Å². The molecule has 2 N–H and O–H groups in total. The Balaban J connectivity index is 2.84. The van der Waals surface area contributed by atoms with Crippen molar-refractivity contribution < 1.29 is 18.3 Å². The van der Waals surface area contributed by atoms with Crippen LogP contribution in [0.4, 0.5) is 0 Å². The molecule has 0 saturated carbocycles. The molecule has 0 aliphatic carbocycles. The van der Waals surface area contributed by atoms with Crippen molar-refractivity contribution in [2.75, 3.05) is 13.6 Å². The van der Waals surface area contributed by atoms with E-state index >= 15 is 0 Å². The van der Waals surface area contributed by atoms with E-state index in [1.165, 1.54) is 12.1 Å². The molecular weight excluding hydrogens is 266 g/mol. The van der Waals surface area contributed by atoms with Gasteiger partial charge < -0.3 is 10.4 Å². The molecule has 0 amide bonds. The molecule has 106 valence electrons. The van der Waals surface area contributed by atoms with Gasteiger partial charge in [-0.3, -0.25) is 4.79 Å². The molecule has 0 bridgehead atoms. The van der Waals surface area contributed by atoms with Gasteiger partial charge in [-0.05, 0) is 38.6 Å². The van der Waals surface area contributed by atoms with Gasteiger partial charge in [-0.2, -0.15) is 0 Å². The second-order valence-corrected chi connectivity index (χ2v) is 6.41. The number of sulfone groups is 1. The molecule has 0 radical (unpaired) electrons. The summed E-state index contributed by atoms with van der Waals surface area (Å²) < 4.78 is 24.5. The average Bonchev–Trinajstić information content (AvgIpc) is 2.39. The highest BCUT2D eigenvalue weighted by Crippen LogP contribution is 2.20. The number of nitrogens with one attached hydrogen (secondary N) is 1. The smallest absolute Gasteiger partial charge is 0.322 e. The third-order valence-corrected chi connectivity index (χ3v) is 4.98. The summed E-state index contributed by atoms with van der Waals surface area (Å²) in [6.07, 6.45) is 1.45. The maximum absolute atomic E-state index is 12.2. The first-order chi connectivity index (χ1) is 9.00. The fraction of sp³-hybridized carbons (Fsp3) is 0.462. The van der Waals surface area contributed by atoms with Gasteiger partial charge in [-0.15, -0.1) is 0 Å². The van der Waals surface area contributed by atoms with Gasteiger partial charge in [0, 0.05) is 0 Å². The molecule has 0 saturated heterocycles. The van der Waals surface area contributed by atoms with Gasteiger partial charge in [0.25, 0.3) is 0 Å². The van der Waals surface area contributed by atoms with Crippen molar-refractivity contribution in [1.82, 2.24) is 5.32 Å². The fourth-order valence-electron chi connectivity index (χ4n) is 1.82. The molecule has 1 aromatic carbocycles. The molecule has 0 aliphatic heterocycles. The summed E-state index contributed by atoms with van der Waals surface area (Å²) in [6.45, 7) is 0.748. The van der Waals surface area contributed by atoms with Crippen LogP contribution in [0.2, 0.25) is 0 Å². The van der Waals surface area contributed by atoms with Gasteiger partial charge in [0.2, 0.25) is 0 Å². The average molecular weight is 285 g/mol. The lowest BCUT2D eigenvalue weighted by molar-refractivity contribution is -0.136. The highest BCUT2D eigenvalue weighted by atomic mass is 32.2. The second kappa shape index (κ2) is 7.25. The second-order valence-electron chi connectivity index (χ2n) is 4.28. The molecule has 0 heterocycles. The summed E-state index contributed by atoms with van der Waals surface area (Å²) in [4.78, 5) is 11.3. The van der Waals surface area contributed by atoms with Crippen molar-refractivity contribution in [2.45, 2.75) is 29.4 Å². The van der Waals surface area contributed by atoms with Gasteiger partial charge in [-0.1, -0.05) is 24.6 Å². The number of hydrogen-bond acceptors (Lipinski definition) is 4.